The van der Waals surface area contributed by atoms with Gasteiger partial charge in [0.05, 0.1) is 0 Å². The average Bonchev–Trinajstić information content (AvgIpc) is 4.46. The Morgan fingerprint density at radius 3 is 0.417 bits per heavy atom. The number of benzene rings is 6. The largest absolute Gasteiger partial charge is 2.00 e. The van der Waals surface area contributed by atoms with Gasteiger partial charge in [0, 0.05) is 77.6 Å². The Balaban J connectivity index is -0.000000415. The molecule has 2 radical (unpaired) electrons. The molecule has 0 atom stereocenters. The van der Waals surface area contributed by atoms with E-state index >= 15 is 0 Å². The third-order valence-corrected chi connectivity index (χ3v) is 9.95. The zero-order valence-corrected chi connectivity index (χ0v) is 54.0. The van der Waals surface area contributed by atoms with E-state index in [1.807, 2.05) is 218 Å². The van der Waals surface area contributed by atoms with Crippen molar-refractivity contribution in [2.24, 2.45) is 0 Å². The SMILES string of the molecule is C1CCOC1.C1CCOC1.C1CCOC1.C1CCOC1.[C-]#Cc1ccccc1.[C-]#Cc1ccccc1.[C-]#Cc1ccccc1.[C-]#Cc1ccccc1.[C-]#Cc1ccccc1.[C-]#Cc1ccccc1.[Cu+].[Cu+].[Eu+2].[Eu+2].c1ccncc1.c1ccncc1. The Morgan fingerprint density at radius 2 is 0.357 bits per heavy atom. The number of hydrogen-bond donors (Lipinski definition) is 0. The monoisotopic (exact) mass is 1480 g/mol. The fourth-order valence-electron chi connectivity index (χ4n) is 5.80. The van der Waals surface area contributed by atoms with Crippen molar-refractivity contribution in [3.63, 3.8) is 0 Å². The van der Waals surface area contributed by atoms with E-state index < -0.39 is 0 Å². The molecule has 8 aromatic rings. The van der Waals surface area contributed by atoms with Crippen LogP contribution in [0, 0.1) is 173 Å². The Hall–Kier alpha value is -4.97. The number of nitrogens with zero attached hydrogens (tertiary/aromatic N) is 2. The summed E-state index contributed by atoms with van der Waals surface area (Å²) in [5.74, 6) is 13.7. The molecular weight excluding hydrogens is 1410 g/mol. The topological polar surface area (TPSA) is 62.7 Å². The Bertz CT molecular complexity index is 2280. The summed E-state index contributed by atoms with van der Waals surface area (Å²) in [6, 6.07) is 67.6. The van der Waals surface area contributed by atoms with Gasteiger partial charge in [-0.15, -0.1) is 106 Å². The molecule has 84 heavy (non-hydrogen) atoms. The smallest absolute Gasteiger partial charge is 0.381 e. The molecule has 4 aliphatic heterocycles. The molecule has 6 aromatic carbocycles. The molecule has 4 saturated heterocycles. The molecule has 4 aliphatic rings. The number of aromatic nitrogens is 2. The fraction of sp³-hybridized carbons (Fsp3) is 0.216. The van der Waals surface area contributed by atoms with E-state index in [9.17, 15) is 0 Å². The average molecular weight is 1480 g/mol. The zero-order valence-electron chi connectivity index (χ0n) is 47.3. The van der Waals surface area contributed by atoms with Gasteiger partial charge in [-0.3, -0.25) is 45.5 Å². The maximum absolute atomic E-state index is 6.69. The van der Waals surface area contributed by atoms with Crippen LogP contribution in [0.3, 0.4) is 0 Å². The van der Waals surface area contributed by atoms with E-state index in [1.54, 1.807) is 24.8 Å². The van der Waals surface area contributed by atoms with Crippen LogP contribution in [-0.2, 0) is 53.1 Å². The second-order valence-electron chi connectivity index (χ2n) is 16.3. The van der Waals surface area contributed by atoms with Crippen LogP contribution in [0.1, 0.15) is 84.7 Å². The van der Waals surface area contributed by atoms with Crippen LogP contribution < -0.4 is 0 Å². The van der Waals surface area contributed by atoms with Gasteiger partial charge >= 0.3 is 133 Å². The summed E-state index contributed by atoms with van der Waals surface area (Å²) in [6.45, 7) is 8.00. The van der Waals surface area contributed by atoms with Crippen molar-refractivity contribution in [1.29, 1.82) is 0 Å². The molecule has 12 rings (SSSR count). The molecule has 0 bridgehead atoms. The van der Waals surface area contributed by atoms with Gasteiger partial charge in [0.2, 0.25) is 0 Å². The van der Waals surface area contributed by atoms with Crippen molar-refractivity contribution in [3.05, 3.63) is 315 Å². The first-order valence-electron chi connectivity index (χ1n) is 26.5. The van der Waals surface area contributed by atoms with Gasteiger partial charge in [-0.1, -0.05) is 121 Å². The van der Waals surface area contributed by atoms with Gasteiger partial charge in [-0.05, 0) is 75.6 Å². The number of hydrogen-bond acceptors (Lipinski definition) is 6. The minimum Gasteiger partial charge on any atom is -0.381 e. The van der Waals surface area contributed by atoms with Crippen molar-refractivity contribution in [2.45, 2.75) is 51.4 Å². The Labute approximate surface area is 608 Å². The number of pyridine rings is 2. The van der Waals surface area contributed by atoms with Gasteiger partial charge in [0.25, 0.3) is 0 Å². The quantitative estimate of drug-likeness (QED) is 0.0856. The van der Waals surface area contributed by atoms with E-state index in [2.05, 4.69) is 45.5 Å². The van der Waals surface area contributed by atoms with Crippen molar-refractivity contribution in [3.8, 4) is 35.5 Å². The van der Waals surface area contributed by atoms with Crippen LogP contribution in [0.4, 0.5) is 0 Å². The van der Waals surface area contributed by atoms with Crippen molar-refractivity contribution < 1.29 is 152 Å². The van der Waals surface area contributed by atoms with Crippen LogP contribution in [0.2, 0.25) is 0 Å². The summed E-state index contributed by atoms with van der Waals surface area (Å²) >= 11 is 0. The minimum absolute atomic E-state index is 0. The van der Waals surface area contributed by atoms with E-state index in [4.69, 9.17) is 57.5 Å². The third kappa shape index (κ3) is 58.8. The molecule has 0 unspecified atom stereocenters. The normalized spacial score (nSPS) is 11.4. The predicted molar refractivity (Wildman–Crippen MR) is 325 cm³/mol. The molecular formula is C74H72Cu2Eu2N2O4. The maximum Gasteiger partial charge on any atom is 2.00 e. The molecule has 2 aromatic heterocycles. The van der Waals surface area contributed by atoms with Crippen LogP contribution in [0.15, 0.2) is 243 Å². The Morgan fingerprint density at radius 1 is 0.226 bits per heavy atom. The van der Waals surface area contributed by atoms with Crippen LogP contribution >= 0.6 is 0 Å². The molecule has 0 N–H and O–H groups in total. The molecule has 0 spiro atoms. The Kier molecular flexibility index (Phi) is 71.8. The second kappa shape index (κ2) is 70.5. The van der Waals surface area contributed by atoms with Crippen molar-refractivity contribution in [2.75, 3.05) is 52.9 Å². The summed E-state index contributed by atoms with van der Waals surface area (Å²) < 4.78 is 19.8. The molecule has 0 aliphatic carbocycles. The standard InChI is InChI=1S/6C8H5.2C5H5N.4C4H8O.2Cu.2Eu/c6*1-2-8-6-4-3-5-7-8;2*1-2-4-6-5-3-1;4*1-2-4-5-3-1;;;;/h6*3-7H;2*1-5H;4*1-4H2;;;;/q6*-1;;;;;;;2*+1;2*+2. The minimum atomic E-state index is 0. The number of rotatable bonds is 0. The molecule has 438 valence electrons. The first-order valence-corrected chi connectivity index (χ1v) is 26.5. The molecule has 10 heteroatoms. The predicted octanol–water partition coefficient (Wildman–Crippen LogP) is 15.1. The van der Waals surface area contributed by atoms with Gasteiger partial charge in [-0.25, -0.2) is 0 Å². The summed E-state index contributed by atoms with van der Waals surface area (Å²) in [4.78, 5) is 7.57. The fourth-order valence-corrected chi connectivity index (χ4v) is 5.80. The van der Waals surface area contributed by atoms with E-state index in [0.717, 1.165) is 86.2 Å². The van der Waals surface area contributed by atoms with Gasteiger partial charge in [0.1, 0.15) is 0 Å². The van der Waals surface area contributed by atoms with Gasteiger partial charge < -0.3 is 57.5 Å². The van der Waals surface area contributed by atoms with Crippen LogP contribution in [-0.4, -0.2) is 62.8 Å². The van der Waals surface area contributed by atoms with Gasteiger partial charge in [-0.2, -0.15) is 0 Å². The summed E-state index contributed by atoms with van der Waals surface area (Å²) in [6.07, 6.45) is 57.4. The molecule has 0 amide bonds. The maximum atomic E-state index is 6.69. The summed E-state index contributed by atoms with van der Waals surface area (Å²) in [7, 11) is 0. The van der Waals surface area contributed by atoms with Crippen molar-refractivity contribution in [1.82, 2.24) is 9.97 Å². The van der Waals surface area contributed by atoms with E-state index in [1.165, 1.54) is 51.4 Å². The molecule has 4 fully saturated rings. The van der Waals surface area contributed by atoms with Crippen molar-refractivity contribution >= 4 is 0 Å². The summed E-state index contributed by atoms with van der Waals surface area (Å²) in [5, 5.41) is 0. The third-order valence-electron chi connectivity index (χ3n) is 9.95. The zero-order chi connectivity index (χ0) is 57.5. The summed E-state index contributed by atoms with van der Waals surface area (Å²) in [5.41, 5.74) is 4.96. The van der Waals surface area contributed by atoms with E-state index in [-0.39, 0.29) is 133 Å². The molecule has 0 saturated carbocycles. The van der Waals surface area contributed by atoms with E-state index in [0.29, 0.717) is 0 Å². The van der Waals surface area contributed by atoms with Crippen LogP contribution in [0.5, 0.6) is 0 Å². The first-order chi connectivity index (χ1) is 39.6. The van der Waals surface area contributed by atoms with Crippen LogP contribution in [0.25, 0.3) is 0 Å². The molecule has 6 nitrogen and oxygen atoms in total. The second-order valence-corrected chi connectivity index (χ2v) is 16.3. The number of ether oxygens (including phenoxy) is 4. The van der Waals surface area contributed by atoms with Gasteiger partial charge in [0.15, 0.2) is 0 Å². The first kappa shape index (κ1) is 85.5. The molecule has 6 heterocycles.